The number of benzene rings is 1. The molecule has 0 spiro atoms. The van der Waals surface area contributed by atoms with Crippen molar-refractivity contribution in [3.8, 4) is 11.6 Å². The lowest BCUT2D eigenvalue weighted by atomic mass is 10.2. The Bertz CT molecular complexity index is 649. The summed E-state index contributed by atoms with van der Waals surface area (Å²) in [6.45, 7) is 1.61. The lowest BCUT2D eigenvalue weighted by Gasteiger charge is -2.07. The van der Waals surface area contributed by atoms with Gasteiger partial charge in [0.1, 0.15) is 17.8 Å². The van der Waals surface area contributed by atoms with E-state index in [0.717, 1.165) is 6.20 Å². The summed E-state index contributed by atoms with van der Waals surface area (Å²) in [5.74, 6) is 0.251. The average Bonchev–Trinajstić information content (AvgIpc) is 2.36. The van der Waals surface area contributed by atoms with Crippen LogP contribution in [0.5, 0.6) is 11.6 Å². The highest BCUT2D eigenvalue weighted by Crippen LogP contribution is 2.30. The quantitative estimate of drug-likeness (QED) is 0.631. The molecule has 98 valence electrons. The topological polar surface area (TPSA) is 65.3 Å². The summed E-state index contributed by atoms with van der Waals surface area (Å²) >= 11 is 3.14. The van der Waals surface area contributed by atoms with Crippen molar-refractivity contribution >= 4 is 21.6 Å². The van der Waals surface area contributed by atoms with Gasteiger partial charge in [-0.2, -0.15) is 0 Å². The third kappa shape index (κ3) is 3.05. The summed E-state index contributed by atoms with van der Waals surface area (Å²) < 4.78 is 18.9. The summed E-state index contributed by atoms with van der Waals surface area (Å²) in [5, 5.41) is 10.6. The second-order valence-corrected chi connectivity index (χ2v) is 4.60. The fourth-order valence-corrected chi connectivity index (χ4v) is 1.80. The van der Waals surface area contributed by atoms with Crippen LogP contribution in [0.25, 0.3) is 0 Å². The molecule has 1 aromatic carbocycles. The molecule has 2 aromatic rings. The number of hydrogen-bond acceptors (Lipinski definition) is 4. The van der Waals surface area contributed by atoms with E-state index in [0.29, 0.717) is 15.8 Å². The minimum Gasteiger partial charge on any atom is -0.438 e. The number of nitrogens with zero attached hydrogens (tertiary/aromatic N) is 2. The second kappa shape index (κ2) is 5.31. The van der Waals surface area contributed by atoms with E-state index in [1.807, 2.05) is 0 Å². The molecule has 0 saturated carbocycles. The Morgan fingerprint density at radius 3 is 2.74 bits per heavy atom. The van der Waals surface area contributed by atoms with Gasteiger partial charge in [-0.05, 0) is 46.6 Å². The summed E-state index contributed by atoms with van der Waals surface area (Å²) in [4.78, 5) is 13.9. The molecule has 0 N–H and O–H groups in total. The molecule has 0 aliphatic heterocycles. The predicted octanol–water partition coefficient (Wildman–Crippen LogP) is 3.99. The molecule has 0 aliphatic carbocycles. The number of halogens is 2. The third-order valence-electron chi connectivity index (χ3n) is 2.35. The maximum absolute atomic E-state index is 13.1. The first-order valence-corrected chi connectivity index (χ1v) is 6.00. The third-order valence-corrected chi connectivity index (χ3v) is 2.92. The van der Waals surface area contributed by atoms with Crippen LogP contribution in [0.3, 0.4) is 0 Å². The maximum atomic E-state index is 13.1. The van der Waals surface area contributed by atoms with Crippen LogP contribution in [0.1, 0.15) is 5.56 Å². The van der Waals surface area contributed by atoms with E-state index in [-0.39, 0.29) is 17.4 Å². The van der Waals surface area contributed by atoms with Crippen molar-refractivity contribution < 1.29 is 14.1 Å². The van der Waals surface area contributed by atoms with Gasteiger partial charge in [0, 0.05) is 6.07 Å². The zero-order valence-corrected chi connectivity index (χ0v) is 11.3. The molecule has 0 aliphatic rings. The SMILES string of the molecule is Cc1cc(Oc2ncc([N+](=O)[O-])cc2Br)ccc1F. The van der Waals surface area contributed by atoms with Gasteiger partial charge in [0.25, 0.3) is 5.69 Å². The lowest BCUT2D eigenvalue weighted by molar-refractivity contribution is -0.385. The maximum Gasteiger partial charge on any atom is 0.288 e. The summed E-state index contributed by atoms with van der Waals surface area (Å²) in [7, 11) is 0. The minimum atomic E-state index is -0.552. The van der Waals surface area contributed by atoms with Crippen LogP contribution in [-0.2, 0) is 0 Å². The van der Waals surface area contributed by atoms with Crippen molar-refractivity contribution in [2.24, 2.45) is 0 Å². The molecule has 1 heterocycles. The van der Waals surface area contributed by atoms with E-state index >= 15 is 0 Å². The number of aryl methyl sites for hydroxylation is 1. The van der Waals surface area contributed by atoms with Gasteiger partial charge in [0.2, 0.25) is 5.88 Å². The summed E-state index contributed by atoms with van der Waals surface area (Å²) in [6, 6.07) is 5.55. The molecule has 0 unspecified atom stereocenters. The van der Waals surface area contributed by atoms with Crippen molar-refractivity contribution in [3.05, 3.63) is 56.4 Å². The molecule has 0 atom stereocenters. The molecule has 0 saturated heterocycles. The van der Waals surface area contributed by atoms with Crippen LogP contribution in [0.2, 0.25) is 0 Å². The highest BCUT2D eigenvalue weighted by molar-refractivity contribution is 9.10. The zero-order valence-electron chi connectivity index (χ0n) is 9.76. The van der Waals surface area contributed by atoms with Gasteiger partial charge < -0.3 is 4.74 Å². The standard InChI is InChI=1S/C12H8BrFN2O3/c1-7-4-9(2-3-11(7)14)19-12-10(13)5-8(6-15-12)16(17)18/h2-6H,1H3. The predicted molar refractivity (Wildman–Crippen MR) is 69.8 cm³/mol. The van der Waals surface area contributed by atoms with Gasteiger partial charge in [0.05, 0.1) is 9.40 Å². The van der Waals surface area contributed by atoms with Gasteiger partial charge in [-0.25, -0.2) is 9.37 Å². The van der Waals surface area contributed by atoms with Crippen LogP contribution in [0.15, 0.2) is 34.9 Å². The van der Waals surface area contributed by atoms with Gasteiger partial charge in [-0.3, -0.25) is 10.1 Å². The number of rotatable bonds is 3. The molecular formula is C12H8BrFN2O3. The Balaban J connectivity index is 2.28. The van der Waals surface area contributed by atoms with Gasteiger partial charge in [-0.15, -0.1) is 0 Å². The van der Waals surface area contributed by atoms with E-state index in [4.69, 9.17) is 4.74 Å². The van der Waals surface area contributed by atoms with Gasteiger partial charge in [0.15, 0.2) is 0 Å². The number of ether oxygens (including phenoxy) is 1. The summed E-state index contributed by atoms with van der Waals surface area (Å²) in [6.07, 6.45) is 1.09. The molecular weight excluding hydrogens is 319 g/mol. The fraction of sp³-hybridized carbons (Fsp3) is 0.0833. The number of nitro groups is 1. The second-order valence-electron chi connectivity index (χ2n) is 3.75. The van der Waals surface area contributed by atoms with Crippen LogP contribution in [0.4, 0.5) is 10.1 Å². The zero-order chi connectivity index (χ0) is 14.0. The first-order chi connectivity index (χ1) is 8.97. The van der Waals surface area contributed by atoms with Crippen LogP contribution in [0, 0.1) is 22.9 Å². The van der Waals surface area contributed by atoms with Gasteiger partial charge >= 0.3 is 0 Å². The van der Waals surface area contributed by atoms with Crippen molar-refractivity contribution in [2.45, 2.75) is 6.92 Å². The number of pyridine rings is 1. The van der Waals surface area contributed by atoms with E-state index in [1.54, 1.807) is 6.92 Å². The molecule has 0 fully saturated rings. The first-order valence-electron chi connectivity index (χ1n) is 5.21. The Kier molecular flexibility index (Phi) is 3.75. The normalized spacial score (nSPS) is 10.3. The number of aromatic nitrogens is 1. The smallest absolute Gasteiger partial charge is 0.288 e. The molecule has 19 heavy (non-hydrogen) atoms. The average molecular weight is 327 g/mol. The van der Waals surface area contributed by atoms with Crippen molar-refractivity contribution in [3.63, 3.8) is 0 Å². The van der Waals surface area contributed by atoms with Crippen molar-refractivity contribution in [1.29, 1.82) is 0 Å². The Labute approximate surface area is 116 Å². The monoisotopic (exact) mass is 326 g/mol. The highest BCUT2D eigenvalue weighted by atomic mass is 79.9. The highest BCUT2D eigenvalue weighted by Gasteiger charge is 2.12. The van der Waals surface area contributed by atoms with Crippen LogP contribution >= 0.6 is 15.9 Å². The molecule has 0 radical (unpaired) electrons. The Morgan fingerprint density at radius 1 is 1.42 bits per heavy atom. The van der Waals surface area contributed by atoms with Crippen LogP contribution < -0.4 is 4.74 Å². The fourth-order valence-electron chi connectivity index (χ4n) is 1.38. The molecule has 7 heteroatoms. The lowest BCUT2D eigenvalue weighted by Crippen LogP contribution is -1.94. The van der Waals surface area contributed by atoms with E-state index < -0.39 is 4.92 Å². The van der Waals surface area contributed by atoms with E-state index in [1.165, 1.54) is 24.3 Å². The Hall–Kier alpha value is -2.02. The first kappa shape index (κ1) is 13.4. The minimum absolute atomic E-state index is 0.144. The number of hydrogen-bond donors (Lipinski definition) is 0. The van der Waals surface area contributed by atoms with E-state index in [2.05, 4.69) is 20.9 Å². The van der Waals surface area contributed by atoms with Crippen molar-refractivity contribution in [1.82, 2.24) is 4.98 Å². The molecule has 0 amide bonds. The molecule has 2 rings (SSSR count). The summed E-state index contributed by atoms with van der Waals surface area (Å²) in [5.41, 5.74) is 0.296. The Morgan fingerprint density at radius 2 is 2.16 bits per heavy atom. The largest absolute Gasteiger partial charge is 0.438 e. The molecule has 5 nitrogen and oxygen atoms in total. The molecule has 1 aromatic heterocycles. The van der Waals surface area contributed by atoms with Crippen LogP contribution in [-0.4, -0.2) is 9.91 Å². The van der Waals surface area contributed by atoms with Crippen molar-refractivity contribution in [2.75, 3.05) is 0 Å². The molecule has 0 bridgehead atoms. The van der Waals surface area contributed by atoms with Gasteiger partial charge in [-0.1, -0.05) is 0 Å². The van der Waals surface area contributed by atoms with E-state index in [9.17, 15) is 14.5 Å².